The molecule has 1 aliphatic carbocycles. The second-order valence-electron chi connectivity index (χ2n) is 6.78. The van der Waals surface area contributed by atoms with Crippen LogP contribution in [0.4, 0.5) is 0 Å². The number of hydrogen-bond donors (Lipinski definition) is 3. The standard InChI is InChI=1S/C17H23NO6S/c1-12-5-7-13(8-6-12)25(23,24)17(9-3-4-10-17)14(19)18-11-16(2,22)15(20)21/h5-8,22H,3-4,9-11H2,1-2H3,(H,18,19)(H,20,21). The fraction of sp³-hybridized carbons (Fsp3) is 0.529. The molecule has 0 radical (unpaired) electrons. The molecular formula is C17H23NO6S. The van der Waals surface area contributed by atoms with E-state index in [1.165, 1.54) is 12.1 Å². The average molecular weight is 369 g/mol. The van der Waals surface area contributed by atoms with Crippen LogP contribution in [0, 0.1) is 6.92 Å². The quantitative estimate of drug-likeness (QED) is 0.689. The van der Waals surface area contributed by atoms with Gasteiger partial charge in [0.15, 0.2) is 20.2 Å². The highest BCUT2D eigenvalue weighted by molar-refractivity contribution is 7.93. The van der Waals surface area contributed by atoms with Crippen LogP contribution in [0.1, 0.15) is 38.2 Å². The fourth-order valence-corrected chi connectivity index (χ4v) is 5.08. The second kappa shape index (κ2) is 6.76. The Balaban J connectivity index is 2.33. The predicted molar refractivity (Wildman–Crippen MR) is 90.8 cm³/mol. The monoisotopic (exact) mass is 369 g/mol. The maximum atomic E-state index is 13.1. The van der Waals surface area contributed by atoms with Crippen molar-refractivity contribution in [3.63, 3.8) is 0 Å². The molecule has 0 bridgehead atoms. The third-order valence-corrected chi connectivity index (χ3v) is 7.24. The molecule has 1 aromatic carbocycles. The van der Waals surface area contributed by atoms with Gasteiger partial charge in [-0.05, 0) is 38.8 Å². The Morgan fingerprint density at radius 1 is 1.20 bits per heavy atom. The number of aliphatic hydroxyl groups is 1. The van der Waals surface area contributed by atoms with Crippen LogP contribution >= 0.6 is 0 Å². The topological polar surface area (TPSA) is 121 Å². The molecule has 1 atom stereocenters. The Morgan fingerprint density at radius 2 is 1.72 bits per heavy atom. The van der Waals surface area contributed by atoms with Gasteiger partial charge in [0, 0.05) is 0 Å². The number of nitrogens with one attached hydrogen (secondary N) is 1. The van der Waals surface area contributed by atoms with Crippen LogP contribution < -0.4 is 5.32 Å². The van der Waals surface area contributed by atoms with E-state index >= 15 is 0 Å². The summed E-state index contributed by atoms with van der Waals surface area (Å²) < 4.78 is 24.6. The normalized spacial score (nSPS) is 19.2. The first kappa shape index (κ1) is 19.4. The van der Waals surface area contributed by atoms with Crippen molar-refractivity contribution in [3.05, 3.63) is 29.8 Å². The third-order valence-electron chi connectivity index (χ3n) is 4.72. The highest BCUT2D eigenvalue weighted by Crippen LogP contribution is 2.40. The van der Waals surface area contributed by atoms with E-state index < -0.39 is 38.6 Å². The first-order valence-corrected chi connectivity index (χ1v) is 9.57. The lowest BCUT2D eigenvalue weighted by atomic mass is 10.0. The lowest BCUT2D eigenvalue weighted by Crippen LogP contribution is -2.55. The molecule has 1 fully saturated rings. The Hall–Kier alpha value is -1.93. The van der Waals surface area contributed by atoms with Crippen molar-refractivity contribution in [2.45, 2.75) is 54.8 Å². The molecule has 8 heteroatoms. The zero-order valence-corrected chi connectivity index (χ0v) is 15.1. The highest BCUT2D eigenvalue weighted by atomic mass is 32.2. The molecule has 1 aromatic rings. The molecule has 0 saturated heterocycles. The summed E-state index contributed by atoms with van der Waals surface area (Å²) >= 11 is 0. The number of carboxylic acids is 1. The van der Waals surface area contributed by atoms with E-state index in [2.05, 4.69) is 5.32 Å². The van der Waals surface area contributed by atoms with Gasteiger partial charge in [-0.15, -0.1) is 0 Å². The van der Waals surface area contributed by atoms with E-state index in [4.69, 9.17) is 5.11 Å². The van der Waals surface area contributed by atoms with Crippen LogP contribution in [0.2, 0.25) is 0 Å². The number of benzene rings is 1. The van der Waals surface area contributed by atoms with Gasteiger partial charge in [-0.25, -0.2) is 13.2 Å². The van der Waals surface area contributed by atoms with Crippen LogP contribution in [0.15, 0.2) is 29.2 Å². The van der Waals surface area contributed by atoms with Gasteiger partial charge in [0.2, 0.25) is 5.91 Å². The lowest BCUT2D eigenvalue weighted by Gasteiger charge is -2.29. The molecule has 0 spiro atoms. The molecule has 0 aliphatic heterocycles. The smallest absolute Gasteiger partial charge is 0.337 e. The molecule has 0 aromatic heterocycles. The van der Waals surface area contributed by atoms with E-state index in [9.17, 15) is 23.1 Å². The van der Waals surface area contributed by atoms with Crippen molar-refractivity contribution in [1.29, 1.82) is 0 Å². The van der Waals surface area contributed by atoms with E-state index in [0.717, 1.165) is 12.5 Å². The Morgan fingerprint density at radius 3 is 2.20 bits per heavy atom. The number of hydrogen-bond acceptors (Lipinski definition) is 5. The molecular weight excluding hydrogens is 346 g/mol. The van der Waals surface area contributed by atoms with Gasteiger partial charge >= 0.3 is 5.97 Å². The number of carboxylic acid groups (broad SMARTS) is 1. The van der Waals surface area contributed by atoms with Crippen molar-refractivity contribution in [3.8, 4) is 0 Å². The molecule has 1 unspecified atom stereocenters. The average Bonchev–Trinajstić information content (AvgIpc) is 3.04. The zero-order valence-electron chi connectivity index (χ0n) is 14.3. The molecule has 3 N–H and O–H groups in total. The molecule has 7 nitrogen and oxygen atoms in total. The van der Waals surface area contributed by atoms with E-state index in [1.54, 1.807) is 12.1 Å². The molecule has 1 amide bonds. The van der Waals surface area contributed by atoms with Crippen LogP contribution in [0.5, 0.6) is 0 Å². The fourth-order valence-electron chi connectivity index (χ4n) is 3.00. The summed E-state index contributed by atoms with van der Waals surface area (Å²) in [6.45, 7) is 2.32. The minimum absolute atomic E-state index is 0.0696. The Bertz CT molecular complexity index is 761. The number of amides is 1. The van der Waals surface area contributed by atoms with Crippen molar-refractivity contribution < 1.29 is 28.2 Å². The minimum Gasteiger partial charge on any atom is -0.479 e. The molecule has 1 saturated carbocycles. The minimum atomic E-state index is -3.95. The summed E-state index contributed by atoms with van der Waals surface area (Å²) in [5.74, 6) is -2.25. The van der Waals surface area contributed by atoms with Gasteiger partial charge in [-0.1, -0.05) is 30.5 Å². The number of rotatable bonds is 6. The molecule has 2 rings (SSSR count). The van der Waals surface area contributed by atoms with E-state index in [0.29, 0.717) is 12.8 Å². The number of sulfone groups is 1. The van der Waals surface area contributed by atoms with Gasteiger partial charge in [0.25, 0.3) is 0 Å². The van der Waals surface area contributed by atoms with Gasteiger partial charge in [-0.3, -0.25) is 4.79 Å². The van der Waals surface area contributed by atoms with Crippen LogP contribution in [-0.2, 0) is 19.4 Å². The lowest BCUT2D eigenvalue weighted by molar-refractivity contribution is -0.156. The second-order valence-corrected chi connectivity index (χ2v) is 9.04. The van der Waals surface area contributed by atoms with Crippen LogP contribution in [0.25, 0.3) is 0 Å². The largest absolute Gasteiger partial charge is 0.479 e. The zero-order chi connectivity index (χ0) is 18.9. The highest BCUT2D eigenvalue weighted by Gasteiger charge is 2.53. The summed E-state index contributed by atoms with van der Waals surface area (Å²) in [6.07, 6.45) is 1.52. The number of carbonyl (C=O) groups excluding carboxylic acids is 1. The summed E-state index contributed by atoms with van der Waals surface area (Å²) in [5, 5.41) is 21.0. The molecule has 25 heavy (non-hydrogen) atoms. The van der Waals surface area contributed by atoms with Crippen molar-refractivity contribution in [1.82, 2.24) is 5.32 Å². The van der Waals surface area contributed by atoms with Crippen LogP contribution in [0.3, 0.4) is 0 Å². The summed E-state index contributed by atoms with van der Waals surface area (Å²) in [7, 11) is -3.95. The number of carbonyl (C=O) groups is 2. The molecule has 0 heterocycles. The molecule has 138 valence electrons. The van der Waals surface area contributed by atoms with E-state index in [1.807, 2.05) is 6.92 Å². The van der Waals surface area contributed by atoms with Gasteiger partial charge in [0.05, 0.1) is 11.4 Å². The van der Waals surface area contributed by atoms with E-state index in [-0.39, 0.29) is 17.7 Å². The summed E-state index contributed by atoms with van der Waals surface area (Å²) in [5.41, 5.74) is -1.26. The predicted octanol–water partition coefficient (Wildman–Crippen LogP) is 1.03. The first-order valence-electron chi connectivity index (χ1n) is 8.08. The van der Waals surface area contributed by atoms with Gasteiger partial charge in [-0.2, -0.15) is 0 Å². The number of aryl methyl sites for hydroxylation is 1. The third kappa shape index (κ3) is 3.55. The number of aliphatic carboxylic acids is 1. The maximum absolute atomic E-state index is 13.1. The SMILES string of the molecule is Cc1ccc(S(=O)(=O)C2(C(=O)NCC(C)(O)C(=O)O)CCCC2)cc1. The van der Waals surface area contributed by atoms with Crippen molar-refractivity contribution >= 4 is 21.7 Å². The van der Waals surface area contributed by atoms with Crippen LogP contribution in [-0.4, -0.2) is 47.4 Å². The van der Waals surface area contributed by atoms with Gasteiger partial charge < -0.3 is 15.5 Å². The summed E-state index contributed by atoms with van der Waals surface area (Å²) in [6, 6.07) is 6.29. The van der Waals surface area contributed by atoms with Crippen molar-refractivity contribution in [2.24, 2.45) is 0 Å². The Kier molecular flexibility index (Phi) is 5.24. The Labute approximate surface area is 147 Å². The summed E-state index contributed by atoms with van der Waals surface area (Å²) in [4.78, 5) is 23.8. The van der Waals surface area contributed by atoms with Crippen molar-refractivity contribution in [2.75, 3.05) is 6.54 Å². The first-order chi connectivity index (χ1) is 11.5. The molecule has 1 aliphatic rings. The maximum Gasteiger partial charge on any atom is 0.337 e. The van der Waals surface area contributed by atoms with Gasteiger partial charge in [0.1, 0.15) is 0 Å².